The molecule has 1 aliphatic carbocycles. The number of carbonyl (C=O) groups is 2. The lowest BCUT2D eigenvalue weighted by molar-refractivity contribution is -0.182. The molecule has 172 valence electrons. The predicted octanol–water partition coefficient (Wildman–Crippen LogP) is 4.78. The maximum absolute atomic E-state index is 14.0. The number of likely N-dealkylation sites (tertiary alicyclic amines) is 1. The summed E-state index contributed by atoms with van der Waals surface area (Å²) >= 11 is 3.29. The molecule has 1 heterocycles. The standard InChI is InChI=1S/C22H28BrF2NO5/c1-20(2,3)17-16(9-11-26(17)19(28)29)31-18(27)22(30,13-4-6-15(23)7-5-13)14-8-10-21(24,25)12-14/h4-7,14,16-17,30H,8-12H2,1-3H3,(H,28,29)/t14-,16-,17?,22+/m1/s1. The summed E-state index contributed by atoms with van der Waals surface area (Å²) in [6.07, 6.45) is -2.68. The van der Waals surface area contributed by atoms with E-state index in [-0.39, 0.29) is 24.9 Å². The van der Waals surface area contributed by atoms with Gasteiger partial charge >= 0.3 is 12.1 Å². The van der Waals surface area contributed by atoms with Crippen LogP contribution in [0.5, 0.6) is 0 Å². The molecule has 1 saturated carbocycles. The monoisotopic (exact) mass is 503 g/mol. The summed E-state index contributed by atoms with van der Waals surface area (Å²) in [5.41, 5.74) is -2.60. The van der Waals surface area contributed by atoms with Crippen molar-refractivity contribution in [2.24, 2.45) is 11.3 Å². The lowest BCUT2D eigenvalue weighted by Gasteiger charge is -2.38. The second kappa shape index (κ2) is 8.31. The van der Waals surface area contributed by atoms with Crippen LogP contribution in [0.25, 0.3) is 0 Å². The molecule has 2 N–H and O–H groups in total. The molecule has 1 aromatic carbocycles. The first-order valence-electron chi connectivity index (χ1n) is 10.3. The van der Waals surface area contributed by atoms with E-state index in [0.29, 0.717) is 4.47 Å². The summed E-state index contributed by atoms with van der Waals surface area (Å²) in [4.78, 5) is 26.3. The lowest BCUT2D eigenvalue weighted by atomic mass is 9.79. The Morgan fingerprint density at radius 1 is 1.19 bits per heavy atom. The highest BCUT2D eigenvalue weighted by Crippen LogP contribution is 2.48. The van der Waals surface area contributed by atoms with Gasteiger partial charge in [-0.3, -0.25) is 0 Å². The molecule has 1 aliphatic heterocycles. The zero-order valence-corrected chi connectivity index (χ0v) is 19.4. The third-order valence-electron chi connectivity index (χ3n) is 6.32. The van der Waals surface area contributed by atoms with E-state index >= 15 is 0 Å². The van der Waals surface area contributed by atoms with E-state index in [2.05, 4.69) is 15.9 Å². The van der Waals surface area contributed by atoms with Gasteiger partial charge in [0.05, 0.1) is 6.04 Å². The Labute approximate surface area is 188 Å². The number of carboxylic acid groups (broad SMARTS) is 1. The molecule has 2 fully saturated rings. The first-order valence-corrected chi connectivity index (χ1v) is 11.1. The Balaban J connectivity index is 1.94. The average Bonchev–Trinajstić information content (AvgIpc) is 3.24. The van der Waals surface area contributed by atoms with Crippen molar-refractivity contribution in [1.82, 2.24) is 4.90 Å². The van der Waals surface area contributed by atoms with E-state index in [9.17, 15) is 28.6 Å². The number of esters is 1. The topological polar surface area (TPSA) is 87.1 Å². The fourth-order valence-corrected chi connectivity index (χ4v) is 5.15. The SMILES string of the molecule is CC(C)(C)C1[C@H](OC(=O)[C@](O)(c2ccc(Br)cc2)[C@@H]2CCC(F)(F)C2)CCN1C(=O)O. The van der Waals surface area contributed by atoms with Crippen molar-refractivity contribution in [2.45, 2.75) is 70.1 Å². The summed E-state index contributed by atoms with van der Waals surface area (Å²) in [7, 11) is 0. The Morgan fingerprint density at radius 3 is 2.29 bits per heavy atom. The van der Waals surface area contributed by atoms with E-state index in [1.807, 2.05) is 20.8 Å². The second-order valence-corrected chi connectivity index (χ2v) is 10.5. The number of halogens is 3. The molecule has 0 aromatic heterocycles. The van der Waals surface area contributed by atoms with Crippen LogP contribution in [0, 0.1) is 11.3 Å². The molecule has 1 aromatic rings. The van der Waals surface area contributed by atoms with Crippen LogP contribution in [0.15, 0.2) is 28.7 Å². The molecule has 4 atom stereocenters. The summed E-state index contributed by atoms with van der Waals surface area (Å²) in [6, 6.07) is 5.66. The molecule has 1 unspecified atom stereocenters. The van der Waals surface area contributed by atoms with Gasteiger partial charge < -0.3 is 19.8 Å². The lowest BCUT2D eigenvalue weighted by Crippen LogP contribution is -2.51. The largest absolute Gasteiger partial charge is 0.465 e. The normalized spacial score (nSPS) is 27.7. The minimum absolute atomic E-state index is 0.0245. The van der Waals surface area contributed by atoms with Crippen LogP contribution in [0.3, 0.4) is 0 Å². The van der Waals surface area contributed by atoms with Crippen LogP contribution in [0.1, 0.15) is 52.0 Å². The number of rotatable bonds is 4. The van der Waals surface area contributed by atoms with Gasteiger partial charge in [0, 0.05) is 36.2 Å². The maximum atomic E-state index is 14.0. The number of nitrogens with zero attached hydrogens (tertiary/aromatic N) is 1. The van der Waals surface area contributed by atoms with Crippen molar-refractivity contribution in [3.63, 3.8) is 0 Å². The number of aliphatic hydroxyl groups is 1. The van der Waals surface area contributed by atoms with E-state index in [1.54, 1.807) is 12.1 Å². The highest BCUT2D eigenvalue weighted by atomic mass is 79.9. The van der Waals surface area contributed by atoms with E-state index in [0.717, 1.165) is 0 Å². The smallest absolute Gasteiger partial charge is 0.407 e. The van der Waals surface area contributed by atoms with Crippen molar-refractivity contribution in [1.29, 1.82) is 0 Å². The van der Waals surface area contributed by atoms with Crippen molar-refractivity contribution in [3.05, 3.63) is 34.3 Å². The van der Waals surface area contributed by atoms with Crippen LogP contribution in [-0.4, -0.2) is 51.8 Å². The van der Waals surface area contributed by atoms with Gasteiger partial charge in [-0.25, -0.2) is 18.4 Å². The highest BCUT2D eigenvalue weighted by Gasteiger charge is 2.56. The van der Waals surface area contributed by atoms with Crippen molar-refractivity contribution < 1.29 is 33.3 Å². The van der Waals surface area contributed by atoms with Crippen LogP contribution in [0.4, 0.5) is 13.6 Å². The number of amides is 1. The quantitative estimate of drug-likeness (QED) is 0.577. The minimum Gasteiger partial charge on any atom is -0.465 e. The van der Waals surface area contributed by atoms with Gasteiger partial charge in [-0.15, -0.1) is 0 Å². The Hall–Kier alpha value is -1.74. The third-order valence-corrected chi connectivity index (χ3v) is 6.85. The molecule has 0 radical (unpaired) electrons. The van der Waals surface area contributed by atoms with Crippen LogP contribution in [0.2, 0.25) is 0 Å². The summed E-state index contributed by atoms with van der Waals surface area (Å²) in [5.74, 6) is -4.99. The van der Waals surface area contributed by atoms with E-state index in [4.69, 9.17) is 4.74 Å². The molecule has 0 spiro atoms. The maximum Gasteiger partial charge on any atom is 0.407 e. The number of alkyl halides is 2. The van der Waals surface area contributed by atoms with Crippen molar-refractivity contribution in [3.8, 4) is 0 Å². The van der Waals surface area contributed by atoms with Gasteiger partial charge in [-0.1, -0.05) is 48.8 Å². The Kier molecular flexibility index (Phi) is 6.41. The van der Waals surface area contributed by atoms with Gasteiger partial charge in [0.15, 0.2) is 5.60 Å². The summed E-state index contributed by atoms with van der Waals surface area (Å²) in [6.45, 7) is 5.72. The summed E-state index contributed by atoms with van der Waals surface area (Å²) < 4.78 is 34.4. The average molecular weight is 504 g/mol. The van der Waals surface area contributed by atoms with Gasteiger partial charge in [0.2, 0.25) is 5.92 Å². The molecule has 6 nitrogen and oxygen atoms in total. The highest BCUT2D eigenvalue weighted by molar-refractivity contribution is 9.10. The fraction of sp³-hybridized carbons (Fsp3) is 0.636. The van der Waals surface area contributed by atoms with E-state index in [1.165, 1.54) is 17.0 Å². The number of hydrogen-bond donors (Lipinski definition) is 2. The molecule has 1 saturated heterocycles. The first-order chi connectivity index (χ1) is 14.3. The van der Waals surface area contributed by atoms with Gasteiger partial charge in [-0.05, 0) is 29.5 Å². The molecule has 1 amide bonds. The van der Waals surface area contributed by atoms with Crippen LogP contribution in [-0.2, 0) is 15.1 Å². The van der Waals surface area contributed by atoms with Gasteiger partial charge in [0.25, 0.3) is 0 Å². The second-order valence-electron chi connectivity index (χ2n) is 9.59. The number of ether oxygens (including phenoxy) is 1. The molecule has 9 heteroatoms. The minimum atomic E-state index is -2.96. The van der Waals surface area contributed by atoms with Crippen molar-refractivity contribution >= 4 is 28.0 Å². The third kappa shape index (κ3) is 4.72. The summed E-state index contributed by atoms with van der Waals surface area (Å²) in [5, 5.41) is 21.1. The van der Waals surface area contributed by atoms with Crippen LogP contribution >= 0.6 is 15.9 Å². The fourth-order valence-electron chi connectivity index (χ4n) is 4.89. The van der Waals surface area contributed by atoms with Gasteiger partial charge in [0.1, 0.15) is 6.10 Å². The Bertz CT molecular complexity index is 841. The van der Waals surface area contributed by atoms with E-state index < -0.39 is 59.9 Å². The Morgan fingerprint density at radius 2 is 1.81 bits per heavy atom. The molecular weight excluding hydrogens is 476 g/mol. The molecule has 31 heavy (non-hydrogen) atoms. The van der Waals surface area contributed by atoms with Gasteiger partial charge in [-0.2, -0.15) is 0 Å². The van der Waals surface area contributed by atoms with Crippen molar-refractivity contribution in [2.75, 3.05) is 6.54 Å². The predicted molar refractivity (Wildman–Crippen MR) is 113 cm³/mol. The molecule has 0 bridgehead atoms. The molecule has 2 aliphatic rings. The molecular formula is C22H28BrF2NO5. The molecule has 3 rings (SSSR count). The zero-order chi connectivity index (χ0) is 23.2. The van der Waals surface area contributed by atoms with Crippen LogP contribution < -0.4 is 0 Å². The number of carbonyl (C=O) groups excluding carboxylic acids is 1. The number of benzene rings is 1. The first kappa shape index (κ1) is 23.9. The number of hydrogen-bond acceptors (Lipinski definition) is 4. The zero-order valence-electron chi connectivity index (χ0n) is 17.8.